The minimum absolute atomic E-state index is 0.0398. The van der Waals surface area contributed by atoms with E-state index >= 15 is 0 Å². The van der Waals surface area contributed by atoms with Gasteiger partial charge in [-0.05, 0) is 50.2 Å². The number of aryl methyl sites for hydroxylation is 1. The summed E-state index contributed by atoms with van der Waals surface area (Å²) < 4.78 is 51.8. The Kier molecular flexibility index (Phi) is 7.74. The van der Waals surface area contributed by atoms with Crippen LogP contribution in [0.2, 0.25) is 0 Å². The van der Waals surface area contributed by atoms with E-state index in [1.54, 1.807) is 31.2 Å². The van der Waals surface area contributed by atoms with Crippen LogP contribution in [0.4, 0.5) is 18.9 Å². The van der Waals surface area contributed by atoms with Crippen LogP contribution >= 0.6 is 0 Å². The number of esters is 1. The number of carbonyl (C=O) groups is 2. The maximum absolute atomic E-state index is 12.6. The minimum Gasteiger partial charge on any atom is -0.481 e. The molecule has 12 heteroatoms. The highest BCUT2D eigenvalue weighted by atomic mass is 19.4. The molecule has 9 nitrogen and oxygen atoms in total. The molecule has 0 aliphatic heterocycles. The number of rotatable bonds is 8. The van der Waals surface area contributed by atoms with Crippen LogP contribution in [-0.4, -0.2) is 41.2 Å². The van der Waals surface area contributed by atoms with Crippen LogP contribution in [0.15, 0.2) is 59.4 Å². The summed E-state index contributed by atoms with van der Waals surface area (Å²) in [5.74, 6) is -2.28. The summed E-state index contributed by atoms with van der Waals surface area (Å²) in [6, 6.07) is 12.3. The number of halogens is 3. The molecule has 0 fully saturated rings. The summed E-state index contributed by atoms with van der Waals surface area (Å²) in [4.78, 5) is 37.3. The smallest absolute Gasteiger partial charge is 0.481 e. The summed E-state index contributed by atoms with van der Waals surface area (Å²) in [5.41, 5.74) is 0.618. The molecule has 0 saturated carbocycles. The van der Waals surface area contributed by atoms with E-state index in [1.165, 1.54) is 12.1 Å². The summed E-state index contributed by atoms with van der Waals surface area (Å²) in [5, 5.41) is 6.47. The van der Waals surface area contributed by atoms with E-state index in [0.29, 0.717) is 5.69 Å². The molecule has 0 unspecified atom stereocenters. The van der Waals surface area contributed by atoms with Gasteiger partial charge in [0.15, 0.2) is 12.4 Å². The van der Waals surface area contributed by atoms with Crippen LogP contribution in [0.3, 0.4) is 0 Å². The number of benzene rings is 2. The first-order chi connectivity index (χ1) is 16.6. The van der Waals surface area contributed by atoms with Crippen molar-refractivity contribution in [2.24, 2.45) is 0 Å². The van der Waals surface area contributed by atoms with Gasteiger partial charge in [-0.15, -0.1) is 13.2 Å². The lowest BCUT2D eigenvalue weighted by atomic mass is 10.2. The Hall–Kier alpha value is -4.35. The molecule has 1 aromatic heterocycles. The van der Waals surface area contributed by atoms with Gasteiger partial charge < -0.3 is 19.5 Å². The monoisotopic (exact) mass is 491 g/mol. The standard InChI is InChI=1S/C23H20F3N3O6/c1-3-33-22(32)21-18(12-20(31)29(28-21)16-8-4-14(2)5-9-16)34-13-19(30)27-15-6-10-17(11-7-15)35-23(24,25)26/h4-12H,3,13H2,1-2H3,(H,27,30). The van der Waals surface area contributed by atoms with Crippen molar-refractivity contribution >= 4 is 17.6 Å². The first kappa shape index (κ1) is 25.3. The lowest BCUT2D eigenvalue weighted by Gasteiger charge is -2.13. The number of ether oxygens (including phenoxy) is 3. The van der Waals surface area contributed by atoms with E-state index in [2.05, 4.69) is 15.2 Å². The van der Waals surface area contributed by atoms with E-state index in [9.17, 15) is 27.6 Å². The quantitative estimate of drug-likeness (QED) is 0.480. The molecule has 0 spiro atoms. The van der Waals surface area contributed by atoms with Crippen LogP contribution < -0.4 is 20.3 Å². The number of aromatic nitrogens is 2. The van der Waals surface area contributed by atoms with Gasteiger partial charge in [0, 0.05) is 5.69 Å². The van der Waals surface area contributed by atoms with Crippen molar-refractivity contribution in [3.63, 3.8) is 0 Å². The second-order valence-electron chi connectivity index (χ2n) is 7.07. The highest BCUT2D eigenvalue weighted by molar-refractivity contribution is 5.93. The zero-order chi connectivity index (χ0) is 25.6. The van der Waals surface area contributed by atoms with Crippen molar-refractivity contribution in [3.05, 3.63) is 76.2 Å². The molecule has 1 N–H and O–H groups in total. The van der Waals surface area contributed by atoms with Crippen molar-refractivity contribution < 1.29 is 37.0 Å². The SMILES string of the molecule is CCOC(=O)c1nn(-c2ccc(C)cc2)c(=O)cc1OCC(=O)Nc1ccc(OC(F)(F)F)cc1. The molecular formula is C23H20F3N3O6. The van der Waals surface area contributed by atoms with Gasteiger partial charge >= 0.3 is 12.3 Å². The Labute approximate surface area is 197 Å². The predicted molar refractivity (Wildman–Crippen MR) is 118 cm³/mol. The highest BCUT2D eigenvalue weighted by Gasteiger charge is 2.31. The normalized spacial score (nSPS) is 11.0. The van der Waals surface area contributed by atoms with Gasteiger partial charge in [0.25, 0.3) is 11.5 Å². The van der Waals surface area contributed by atoms with E-state index in [4.69, 9.17) is 9.47 Å². The van der Waals surface area contributed by atoms with Gasteiger partial charge in [-0.3, -0.25) is 9.59 Å². The lowest BCUT2D eigenvalue weighted by Crippen LogP contribution is -2.27. The van der Waals surface area contributed by atoms with Gasteiger partial charge in [0.2, 0.25) is 5.69 Å². The van der Waals surface area contributed by atoms with Gasteiger partial charge in [-0.25, -0.2) is 4.79 Å². The number of amides is 1. The van der Waals surface area contributed by atoms with Crippen LogP contribution in [0.1, 0.15) is 23.0 Å². The Bertz CT molecular complexity index is 1260. The fraction of sp³-hybridized carbons (Fsp3) is 0.217. The van der Waals surface area contributed by atoms with Crippen molar-refractivity contribution in [3.8, 4) is 17.2 Å². The van der Waals surface area contributed by atoms with Crippen molar-refractivity contribution in [2.45, 2.75) is 20.2 Å². The van der Waals surface area contributed by atoms with E-state index in [1.807, 2.05) is 6.92 Å². The Balaban J connectivity index is 1.75. The molecule has 2 aromatic carbocycles. The van der Waals surface area contributed by atoms with E-state index in [0.717, 1.165) is 28.4 Å². The number of nitrogens with one attached hydrogen (secondary N) is 1. The first-order valence-corrected chi connectivity index (χ1v) is 10.2. The second kappa shape index (κ2) is 10.7. The van der Waals surface area contributed by atoms with Crippen LogP contribution in [0, 0.1) is 6.92 Å². The summed E-state index contributed by atoms with van der Waals surface area (Å²) >= 11 is 0. The molecule has 184 valence electrons. The number of hydrogen-bond acceptors (Lipinski definition) is 7. The van der Waals surface area contributed by atoms with Crippen LogP contribution in [-0.2, 0) is 9.53 Å². The molecule has 0 saturated heterocycles. The molecule has 3 rings (SSSR count). The molecule has 0 atom stereocenters. The summed E-state index contributed by atoms with van der Waals surface area (Å²) in [7, 11) is 0. The first-order valence-electron chi connectivity index (χ1n) is 10.2. The Morgan fingerprint density at radius 2 is 1.71 bits per heavy atom. The van der Waals surface area contributed by atoms with Crippen molar-refractivity contribution in [2.75, 3.05) is 18.5 Å². The van der Waals surface area contributed by atoms with Crippen molar-refractivity contribution in [1.29, 1.82) is 0 Å². The van der Waals surface area contributed by atoms with Gasteiger partial charge in [-0.1, -0.05) is 17.7 Å². The van der Waals surface area contributed by atoms with E-state index < -0.39 is 36.2 Å². The second-order valence-corrected chi connectivity index (χ2v) is 7.07. The maximum atomic E-state index is 12.6. The fourth-order valence-electron chi connectivity index (χ4n) is 2.84. The molecule has 1 heterocycles. The number of anilines is 1. The third-order valence-corrected chi connectivity index (χ3v) is 4.37. The third-order valence-electron chi connectivity index (χ3n) is 4.37. The zero-order valence-corrected chi connectivity index (χ0v) is 18.6. The molecule has 1 amide bonds. The molecule has 0 radical (unpaired) electrons. The molecule has 0 aliphatic carbocycles. The fourth-order valence-corrected chi connectivity index (χ4v) is 2.84. The van der Waals surface area contributed by atoms with Gasteiger partial charge in [0.05, 0.1) is 18.4 Å². The number of nitrogens with zero attached hydrogens (tertiary/aromatic N) is 2. The molecule has 0 bridgehead atoms. The largest absolute Gasteiger partial charge is 0.573 e. The number of hydrogen-bond donors (Lipinski definition) is 1. The van der Waals surface area contributed by atoms with Gasteiger partial charge in [-0.2, -0.15) is 9.78 Å². The lowest BCUT2D eigenvalue weighted by molar-refractivity contribution is -0.274. The van der Waals surface area contributed by atoms with Crippen LogP contribution in [0.25, 0.3) is 5.69 Å². The topological polar surface area (TPSA) is 109 Å². The Morgan fingerprint density at radius 3 is 2.31 bits per heavy atom. The van der Waals surface area contributed by atoms with E-state index in [-0.39, 0.29) is 23.7 Å². The number of alkyl halides is 3. The average Bonchev–Trinajstić information content (AvgIpc) is 2.79. The van der Waals surface area contributed by atoms with Crippen molar-refractivity contribution in [1.82, 2.24) is 9.78 Å². The van der Waals surface area contributed by atoms with Gasteiger partial charge in [0.1, 0.15) is 5.75 Å². The minimum atomic E-state index is -4.84. The molecule has 0 aliphatic rings. The third kappa shape index (κ3) is 7.06. The molecular weight excluding hydrogens is 471 g/mol. The average molecular weight is 491 g/mol. The zero-order valence-electron chi connectivity index (χ0n) is 18.6. The summed E-state index contributed by atoms with van der Waals surface area (Å²) in [6.07, 6.45) is -4.84. The maximum Gasteiger partial charge on any atom is 0.573 e. The summed E-state index contributed by atoms with van der Waals surface area (Å²) in [6.45, 7) is 2.88. The predicted octanol–water partition coefficient (Wildman–Crippen LogP) is 3.63. The Morgan fingerprint density at radius 1 is 1.06 bits per heavy atom. The molecule has 35 heavy (non-hydrogen) atoms. The van der Waals surface area contributed by atoms with Crippen LogP contribution in [0.5, 0.6) is 11.5 Å². The number of carbonyl (C=O) groups excluding carboxylic acids is 2. The molecule has 3 aromatic rings. The highest BCUT2D eigenvalue weighted by Crippen LogP contribution is 2.24.